The molecule has 0 aromatic heterocycles. The second-order valence-electron chi connectivity index (χ2n) is 4.61. The van der Waals surface area contributed by atoms with Crippen molar-refractivity contribution in [2.45, 2.75) is 25.5 Å². The fourth-order valence-electron chi connectivity index (χ4n) is 1.77. The van der Waals surface area contributed by atoms with Crippen LogP contribution in [0, 0.1) is 11.6 Å². The SMILES string of the molecule is COC(=O)[C@](C)(NC(=O)[C@H](C)OC)c1cc(F)ccc1F. The van der Waals surface area contributed by atoms with E-state index in [1.54, 1.807) is 0 Å². The summed E-state index contributed by atoms with van der Waals surface area (Å²) in [6, 6.07) is 2.62. The maximum absolute atomic E-state index is 13.9. The number of benzene rings is 1. The average Bonchev–Trinajstić information content (AvgIpc) is 2.47. The third kappa shape index (κ3) is 3.55. The Balaban J connectivity index is 3.30. The number of esters is 1. The van der Waals surface area contributed by atoms with Gasteiger partial charge in [-0.1, -0.05) is 0 Å². The summed E-state index contributed by atoms with van der Waals surface area (Å²) < 4.78 is 36.7. The molecule has 116 valence electrons. The first-order valence-corrected chi connectivity index (χ1v) is 6.15. The Hall–Kier alpha value is -2.02. The molecule has 0 bridgehead atoms. The van der Waals surface area contributed by atoms with Crippen LogP contribution in [-0.2, 0) is 24.6 Å². The molecule has 0 spiro atoms. The molecule has 0 saturated carbocycles. The van der Waals surface area contributed by atoms with Gasteiger partial charge in [0.25, 0.3) is 0 Å². The second-order valence-corrected chi connectivity index (χ2v) is 4.61. The van der Waals surface area contributed by atoms with Crippen molar-refractivity contribution in [2.24, 2.45) is 0 Å². The largest absolute Gasteiger partial charge is 0.467 e. The van der Waals surface area contributed by atoms with Crippen molar-refractivity contribution < 1.29 is 27.8 Å². The van der Waals surface area contributed by atoms with E-state index in [1.165, 1.54) is 21.0 Å². The molecule has 1 rings (SSSR count). The lowest BCUT2D eigenvalue weighted by atomic mass is 9.91. The summed E-state index contributed by atoms with van der Waals surface area (Å²) in [6.07, 6.45) is -0.870. The third-order valence-electron chi connectivity index (χ3n) is 3.16. The van der Waals surface area contributed by atoms with Gasteiger partial charge in [-0.25, -0.2) is 13.6 Å². The molecule has 21 heavy (non-hydrogen) atoms. The van der Waals surface area contributed by atoms with Crippen molar-refractivity contribution in [1.29, 1.82) is 0 Å². The first-order chi connectivity index (χ1) is 9.76. The van der Waals surface area contributed by atoms with Crippen LogP contribution in [0.15, 0.2) is 18.2 Å². The van der Waals surface area contributed by atoms with Crippen LogP contribution in [0.25, 0.3) is 0 Å². The number of hydrogen-bond donors (Lipinski definition) is 1. The van der Waals surface area contributed by atoms with E-state index < -0.39 is 35.2 Å². The summed E-state index contributed by atoms with van der Waals surface area (Å²) in [4.78, 5) is 23.9. The number of rotatable bonds is 5. The summed E-state index contributed by atoms with van der Waals surface area (Å²) in [6.45, 7) is 2.69. The normalized spacial score (nSPS) is 15.0. The van der Waals surface area contributed by atoms with Gasteiger partial charge in [0.05, 0.1) is 7.11 Å². The molecule has 1 N–H and O–H groups in total. The van der Waals surface area contributed by atoms with Gasteiger partial charge < -0.3 is 14.8 Å². The van der Waals surface area contributed by atoms with E-state index >= 15 is 0 Å². The molecule has 0 fully saturated rings. The number of halogens is 2. The summed E-state index contributed by atoms with van der Waals surface area (Å²) in [5.74, 6) is -3.16. The maximum Gasteiger partial charge on any atom is 0.336 e. The number of amides is 1. The summed E-state index contributed by atoms with van der Waals surface area (Å²) in [7, 11) is 2.40. The van der Waals surface area contributed by atoms with Gasteiger partial charge in [0.1, 0.15) is 17.7 Å². The van der Waals surface area contributed by atoms with E-state index in [9.17, 15) is 18.4 Å². The molecular weight excluding hydrogens is 284 g/mol. The van der Waals surface area contributed by atoms with Gasteiger partial charge in [-0.3, -0.25) is 4.79 Å². The van der Waals surface area contributed by atoms with E-state index in [0.717, 1.165) is 25.3 Å². The van der Waals surface area contributed by atoms with E-state index in [1.807, 2.05) is 0 Å². The highest BCUT2D eigenvalue weighted by Gasteiger charge is 2.41. The molecule has 0 unspecified atom stereocenters. The number of carbonyl (C=O) groups excluding carboxylic acids is 2. The molecule has 1 aromatic rings. The van der Waals surface area contributed by atoms with Crippen LogP contribution in [-0.4, -0.2) is 32.2 Å². The number of nitrogens with one attached hydrogen (secondary N) is 1. The molecule has 0 aliphatic heterocycles. The lowest BCUT2D eigenvalue weighted by Crippen LogP contribution is -2.53. The molecule has 0 radical (unpaired) electrons. The predicted octanol–water partition coefficient (Wildman–Crippen LogP) is 1.50. The van der Waals surface area contributed by atoms with Crippen LogP contribution >= 0.6 is 0 Å². The Morgan fingerprint density at radius 1 is 1.29 bits per heavy atom. The van der Waals surface area contributed by atoms with Crippen molar-refractivity contribution in [1.82, 2.24) is 5.32 Å². The van der Waals surface area contributed by atoms with E-state index in [-0.39, 0.29) is 5.56 Å². The molecule has 7 heteroatoms. The van der Waals surface area contributed by atoms with Gasteiger partial charge in [-0.15, -0.1) is 0 Å². The Morgan fingerprint density at radius 3 is 2.43 bits per heavy atom. The van der Waals surface area contributed by atoms with E-state index in [2.05, 4.69) is 10.1 Å². The van der Waals surface area contributed by atoms with Gasteiger partial charge in [-0.05, 0) is 32.0 Å². The summed E-state index contributed by atoms with van der Waals surface area (Å²) >= 11 is 0. The van der Waals surface area contributed by atoms with Crippen molar-refractivity contribution >= 4 is 11.9 Å². The zero-order valence-electron chi connectivity index (χ0n) is 12.2. The monoisotopic (exact) mass is 301 g/mol. The van der Waals surface area contributed by atoms with Crippen molar-refractivity contribution in [2.75, 3.05) is 14.2 Å². The number of methoxy groups -OCH3 is 2. The molecular formula is C14H17F2NO4. The smallest absolute Gasteiger partial charge is 0.336 e. The molecule has 0 aliphatic carbocycles. The van der Waals surface area contributed by atoms with Crippen molar-refractivity contribution in [3.8, 4) is 0 Å². The van der Waals surface area contributed by atoms with Gasteiger partial charge in [0, 0.05) is 12.7 Å². The maximum atomic E-state index is 13.9. The molecule has 5 nitrogen and oxygen atoms in total. The number of ether oxygens (including phenoxy) is 2. The Morgan fingerprint density at radius 2 is 1.90 bits per heavy atom. The minimum absolute atomic E-state index is 0.328. The average molecular weight is 301 g/mol. The highest BCUT2D eigenvalue weighted by molar-refractivity contribution is 5.90. The molecule has 1 aromatic carbocycles. The minimum atomic E-state index is -1.87. The molecule has 0 aliphatic rings. The number of hydrogen-bond acceptors (Lipinski definition) is 4. The van der Waals surface area contributed by atoms with E-state index in [0.29, 0.717) is 0 Å². The Kier molecular flexibility index (Phi) is 5.37. The third-order valence-corrected chi connectivity index (χ3v) is 3.16. The first kappa shape index (κ1) is 17.0. The lowest BCUT2D eigenvalue weighted by molar-refractivity contribution is -0.152. The molecule has 0 saturated heterocycles. The lowest BCUT2D eigenvalue weighted by Gasteiger charge is -2.29. The zero-order valence-corrected chi connectivity index (χ0v) is 12.2. The van der Waals surface area contributed by atoms with Crippen LogP contribution in [0.5, 0.6) is 0 Å². The highest BCUT2D eigenvalue weighted by atomic mass is 19.1. The van der Waals surface area contributed by atoms with Crippen LogP contribution < -0.4 is 5.32 Å². The number of carbonyl (C=O) groups is 2. The summed E-state index contributed by atoms with van der Waals surface area (Å²) in [5.41, 5.74) is -2.20. The van der Waals surface area contributed by atoms with Crippen molar-refractivity contribution in [3.05, 3.63) is 35.4 Å². The topological polar surface area (TPSA) is 64.6 Å². The van der Waals surface area contributed by atoms with E-state index in [4.69, 9.17) is 4.74 Å². The fraction of sp³-hybridized carbons (Fsp3) is 0.429. The molecule has 1 amide bonds. The Labute approximate surface area is 121 Å². The van der Waals surface area contributed by atoms with Gasteiger partial charge in [0.15, 0.2) is 5.54 Å². The second kappa shape index (κ2) is 6.62. The van der Waals surface area contributed by atoms with Gasteiger partial charge >= 0.3 is 5.97 Å². The van der Waals surface area contributed by atoms with Crippen molar-refractivity contribution in [3.63, 3.8) is 0 Å². The van der Waals surface area contributed by atoms with Gasteiger partial charge in [0.2, 0.25) is 5.91 Å². The minimum Gasteiger partial charge on any atom is -0.467 e. The van der Waals surface area contributed by atoms with Crippen LogP contribution in [0.4, 0.5) is 8.78 Å². The van der Waals surface area contributed by atoms with Gasteiger partial charge in [-0.2, -0.15) is 0 Å². The highest BCUT2D eigenvalue weighted by Crippen LogP contribution is 2.26. The molecule has 2 atom stereocenters. The first-order valence-electron chi connectivity index (χ1n) is 6.15. The Bertz CT molecular complexity index is 550. The predicted molar refractivity (Wildman–Crippen MR) is 70.3 cm³/mol. The zero-order chi connectivity index (χ0) is 16.2. The quantitative estimate of drug-likeness (QED) is 0.837. The summed E-state index contributed by atoms with van der Waals surface area (Å²) in [5, 5.41) is 2.33. The van der Waals surface area contributed by atoms with Crippen LogP contribution in [0.2, 0.25) is 0 Å². The van der Waals surface area contributed by atoms with Crippen LogP contribution in [0.1, 0.15) is 19.4 Å². The fourth-order valence-corrected chi connectivity index (χ4v) is 1.77. The standard InChI is InChI=1S/C14H17F2NO4/c1-8(20-3)12(18)17-14(2,13(19)21-4)10-7-9(15)5-6-11(10)16/h5-8H,1-4H3,(H,17,18)/t8-,14+/m0/s1. The van der Waals surface area contributed by atoms with Crippen LogP contribution in [0.3, 0.4) is 0 Å². The molecule has 0 heterocycles.